The van der Waals surface area contributed by atoms with E-state index in [4.69, 9.17) is 16.4 Å². The first-order chi connectivity index (χ1) is 6.83. The molecule has 1 aliphatic carbocycles. The van der Waals surface area contributed by atoms with Crippen LogP contribution in [-0.4, -0.2) is 17.9 Å². The fourth-order valence-corrected chi connectivity index (χ4v) is 1.78. The van der Waals surface area contributed by atoms with Gasteiger partial charge in [0.05, 0.1) is 6.10 Å². The van der Waals surface area contributed by atoms with E-state index in [1.807, 2.05) is 0 Å². The standard InChI is InChI=1S/C10H18ClNO2/c11-8-4-3-7-10(13)12-14-9-5-1-2-6-9/h9H,1-8H2,(H,12,13). The van der Waals surface area contributed by atoms with Crippen molar-refractivity contribution < 1.29 is 9.63 Å². The number of rotatable bonds is 6. The monoisotopic (exact) mass is 219 g/mol. The summed E-state index contributed by atoms with van der Waals surface area (Å²) in [5, 5.41) is 0. The predicted molar refractivity (Wildman–Crippen MR) is 56.1 cm³/mol. The minimum atomic E-state index is -0.0259. The van der Waals surface area contributed by atoms with Crippen molar-refractivity contribution >= 4 is 17.5 Å². The molecule has 0 aromatic rings. The summed E-state index contributed by atoms with van der Waals surface area (Å²) in [6.45, 7) is 0. The SMILES string of the molecule is O=C(CCCCCl)NOC1CCCC1. The highest BCUT2D eigenvalue weighted by Crippen LogP contribution is 2.19. The number of unbranched alkanes of at least 4 members (excludes halogenated alkanes) is 1. The van der Waals surface area contributed by atoms with Crippen LogP contribution in [0.3, 0.4) is 0 Å². The number of carbonyl (C=O) groups excluding carboxylic acids is 1. The number of nitrogens with one attached hydrogen (secondary N) is 1. The lowest BCUT2D eigenvalue weighted by atomic mass is 10.2. The van der Waals surface area contributed by atoms with Gasteiger partial charge in [0.15, 0.2) is 0 Å². The maximum atomic E-state index is 11.2. The Bertz CT molecular complexity index is 170. The topological polar surface area (TPSA) is 38.3 Å². The second-order valence-electron chi connectivity index (χ2n) is 3.70. The average Bonchev–Trinajstić information content (AvgIpc) is 2.68. The van der Waals surface area contributed by atoms with Crippen LogP contribution in [0.5, 0.6) is 0 Å². The Hall–Kier alpha value is -0.280. The fourth-order valence-electron chi connectivity index (χ4n) is 1.59. The van der Waals surface area contributed by atoms with Gasteiger partial charge >= 0.3 is 0 Å². The van der Waals surface area contributed by atoms with Gasteiger partial charge in [0.2, 0.25) is 5.91 Å². The molecule has 1 fully saturated rings. The minimum Gasteiger partial charge on any atom is -0.273 e. The molecule has 14 heavy (non-hydrogen) atoms. The van der Waals surface area contributed by atoms with Gasteiger partial charge in [-0.1, -0.05) is 12.8 Å². The third kappa shape index (κ3) is 4.82. The van der Waals surface area contributed by atoms with Gasteiger partial charge < -0.3 is 0 Å². The van der Waals surface area contributed by atoms with Gasteiger partial charge in [-0.2, -0.15) is 0 Å². The van der Waals surface area contributed by atoms with Crippen molar-refractivity contribution in [1.29, 1.82) is 0 Å². The average molecular weight is 220 g/mol. The summed E-state index contributed by atoms with van der Waals surface area (Å²) in [4.78, 5) is 16.5. The molecule has 0 radical (unpaired) electrons. The van der Waals surface area contributed by atoms with E-state index in [1.165, 1.54) is 12.8 Å². The molecule has 1 amide bonds. The summed E-state index contributed by atoms with van der Waals surface area (Å²) in [7, 11) is 0. The summed E-state index contributed by atoms with van der Waals surface area (Å²) >= 11 is 5.50. The molecule has 4 heteroatoms. The Labute approximate surface area is 90.1 Å². The third-order valence-electron chi connectivity index (χ3n) is 2.43. The molecule has 0 atom stereocenters. The van der Waals surface area contributed by atoms with Gasteiger partial charge in [0, 0.05) is 12.3 Å². The Morgan fingerprint density at radius 2 is 2.07 bits per heavy atom. The Balaban J connectivity index is 1.96. The molecule has 0 heterocycles. The van der Waals surface area contributed by atoms with Gasteiger partial charge in [-0.3, -0.25) is 9.63 Å². The van der Waals surface area contributed by atoms with Crippen LogP contribution in [0.15, 0.2) is 0 Å². The van der Waals surface area contributed by atoms with E-state index >= 15 is 0 Å². The van der Waals surface area contributed by atoms with E-state index in [0.29, 0.717) is 12.3 Å². The van der Waals surface area contributed by atoms with Crippen molar-refractivity contribution in [1.82, 2.24) is 5.48 Å². The molecule has 0 bridgehead atoms. The number of hydroxylamine groups is 1. The molecule has 1 aliphatic rings. The molecule has 0 aromatic carbocycles. The number of hydrogen-bond acceptors (Lipinski definition) is 2. The molecule has 0 aromatic heterocycles. The largest absolute Gasteiger partial charge is 0.273 e. The highest BCUT2D eigenvalue weighted by molar-refractivity contribution is 6.17. The molecular weight excluding hydrogens is 202 g/mol. The summed E-state index contributed by atoms with van der Waals surface area (Å²) in [6.07, 6.45) is 7.05. The molecule has 1 rings (SSSR count). The molecule has 0 spiro atoms. The Morgan fingerprint density at radius 1 is 1.36 bits per heavy atom. The maximum Gasteiger partial charge on any atom is 0.243 e. The first-order valence-corrected chi connectivity index (χ1v) is 5.87. The van der Waals surface area contributed by atoms with E-state index in [2.05, 4.69) is 5.48 Å². The number of carbonyl (C=O) groups is 1. The van der Waals surface area contributed by atoms with E-state index in [1.54, 1.807) is 0 Å². The summed E-state index contributed by atoms with van der Waals surface area (Å²) in [5.74, 6) is 0.596. The van der Waals surface area contributed by atoms with E-state index in [0.717, 1.165) is 25.7 Å². The molecule has 0 aliphatic heterocycles. The van der Waals surface area contributed by atoms with Gasteiger partial charge in [0.25, 0.3) is 0 Å². The zero-order valence-corrected chi connectivity index (χ0v) is 9.18. The third-order valence-corrected chi connectivity index (χ3v) is 2.70. The highest BCUT2D eigenvalue weighted by atomic mass is 35.5. The lowest BCUT2D eigenvalue weighted by molar-refractivity contribution is -0.138. The molecule has 82 valence electrons. The van der Waals surface area contributed by atoms with Crippen LogP contribution in [-0.2, 0) is 9.63 Å². The number of alkyl halides is 1. The molecular formula is C10H18ClNO2. The fraction of sp³-hybridized carbons (Fsp3) is 0.900. The van der Waals surface area contributed by atoms with Crippen LogP contribution in [0.1, 0.15) is 44.9 Å². The lowest BCUT2D eigenvalue weighted by Crippen LogP contribution is -2.28. The molecule has 1 N–H and O–H groups in total. The van der Waals surface area contributed by atoms with Crippen LogP contribution < -0.4 is 5.48 Å². The Morgan fingerprint density at radius 3 is 2.71 bits per heavy atom. The van der Waals surface area contributed by atoms with Crippen LogP contribution in [0.4, 0.5) is 0 Å². The zero-order chi connectivity index (χ0) is 10.2. The number of amides is 1. The molecule has 0 saturated heterocycles. The van der Waals surface area contributed by atoms with Crippen molar-refractivity contribution in [2.75, 3.05) is 5.88 Å². The minimum absolute atomic E-state index is 0.0259. The summed E-state index contributed by atoms with van der Waals surface area (Å²) in [5.41, 5.74) is 2.50. The maximum absolute atomic E-state index is 11.2. The zero-order valence-electron chi connectivity index (χ0n) is 8.43. The normalized spacial score (nSPS) is 17.2. The van der Waals surface area contributed by atoms with Crippen LogP contribution >= 0.6 is 11.6 Å². The second-order valence-corrected chi connectivity index (χ2v) is 4.07. The van der Waals surface area contributed by atoms with Gasteiger partial charge in [-0.25, -0.2) is 5.48 Å². The van der Waals surface area contributed by atoms with Gasteiger partial charge in [-0.15, -0.1) is 11.6 Å². The molecule has 3 nitrogen and oxygen atoms in total. The van der Waals surface area contributed by atoms with Crippen LogP contribution in [0.25, 0.3) is 0 Å². The number of hydrogen-bond donors (Lipinski definition) is 1. The molecule has 1 saturated carbocycles. The quantitative estimate of drug-likeness (QED) is 0.423. The highest BCUT2D eigenvalue weighted by Gasteiger charge is 2.16. The van der Waals surface area contributed by atoms with Crippen LogP contribution in [0, 0.1) is 0 Å². The summed E-state index contributed by atoms with van der Waals surface area (Å²) < 4.78 is 0. The van der Waals surface area contributed by atoms with Gasteiger partial charge in [0.1, 0.15) is 0 Å². The summed E-state index contributed by atoms with van der Waals surface area (Å²) in [6, 6.07) is 0. The van der Waals surface area contributed by atoms with Crippen molar-refractivity contribution in [2.45, 2.75) is 51.0 Å². The predicted octanol–water partition coefficient (Wildman–Crippen LogP) is 2.39. The van der Waals surface area contributed by atoms with Crippen molar-refractivity contribution in [2.24, 2.45) is 0 Å². The van der Waals surface area contributed by atoms with Gasteiger partial charge in [-0.05, 0) is 25.7 Å². The lowest BCUT2D eigenvalue weighted by Gasteiger charge is -2.10. The first-order valence-electron chi connectivity index (χ1n) is 5.33. The van der Waals surface area contributed by atoms with Crippen molar-refractivity contribution in [3.05, 3.63) is 0 Å². The van der Waals surface area contributed by atoms with Crippen molar-refractivity contribution in [3.63, 3.8) is 0 Å². The van der Waals surface area contributed by atoms with E-state index in [9.17, 15) is 4.79 Å². The second kappa shape index (κ2) is 7.07. The molecule has 0 unspecified atom stereocenters. The van der Waals surface area contributed by atoms with Crippen LogP contribution in [0.2, 0.25) is 0 Å². The van der Waals surface area contributed by atoms with E-state index in [-0.39, 0.29) is 12.0 Å². The van der Waals surface area contributed by atoms with Crippen molar-refractivity contribution in [3.8, 4) is 0 Å². The Kier molecular flexibility index (Phi) is 5.96. The first kappa shape index (κ1) is 11.8. The van der Waals surface area contributed by atoms with E-state index < -0.39 is 0 Å². The number of halogens is 1. The smallest absolute Gasteiger partial charge is 0.243 e.